The molecule has 1 atom stereocenters. The first-order valence-electron chi connectivity index (χ1n) is 12.3. The Balaban J connectivity index is 1.09. The molecule has 1 aromatic carbocycles. The summed E-state index contributed by atoms with van der Waals surface area (Å²) in [4.78, 5) is 16.8. The van der Waals surface area contributed by atoms with Crippen molar-refractivity contribution in [2.45, 2.75) is 63.2 Å². The Kier molecular flexibility index (Phi) is 6.64. The van der Waals surface area contributed by atoms with Gasteiger partial charge in [-0.05, 0) is 55.6 Å². The van der Waals surface area contributed by atoms with Crippen molar-refractivity contribution in [3.63, 3.8) is 0 Å². The molecule has 3 aliphatic rings. The number of ether oxygens (including phenoxy) is 1. The molecular weight excluding hydrogens is 453 g/mol. The zero-order chi connectivity index (χ0) is 24.4. The van der Waals surface area contributed by atoms with Gasteiger partial charge in [-0.25, -0.2) is 9.18 Å². The van der Waals surface area contributed by atoms with Gasteiger partial charge in [-0.1, -0.05) is 0 Å². The quantitative estimate of drug-likeness (QED) is 0.696. The van der Waals surface area contributed by atoms with Gasteiger partial charge in [-0.3, -0.25) is 5.01 Å². The minimum absolute atomic E-state index is 0.0141. The summed E-state index contributed by atoms with van der Waals surface area (Å²) in [5, 5.41) is 21.5. The van der Waals surface area contributed by atoms with Gasteiger partial charge in [0.2, 0.25) is 0 Å². The second-order valence-electron chi connectivity index (χ2n) is 9.79. The van der Waals surface area contributed by atoms with E-state index in [0.717, 1.165) is 24.9 Å². The van der Waals surface area contributed by atoms with Crippen molar-refractivity contribution in [1.29, 1.82) is 0 Å². The van der Waals surface area contributed by atoms with Crippen LogP contribution in [0.15, 0.2) is 40.0 Å². The topological polar surface area (TPSA) is 94.6 Å². The Morgan fingerprint density at radius 2 is 1.86 bits per heavy atom. The molecule has 2 fully saturated rings. The van der Waals surface area contributed by atoms with Crippen LogP contribution in [0.5, 0.6) is 5.88 Å². The van der Waals surface area contributed by atoms with Crippen LogP contribution in [0.2, 0.25) is 0 Å². The number of rotatable bonds is 5. The Hall–Kier alpha value is -3.14. The summed E-state index contributed by atoms with van der Waals surface area (Å²) in [6.07, 6.45) is 5.69. The smallest absolute Gasteiger partial charge is 0.320 e. The number of hydrogen-bond donors (Lipinski definition) is 1. The molecule has 9 nitrogen and oxygen atoms in total. The van der Waals surface area contributed by atoms with E-state index in [2.05, 4.69) is 10.3 Å². The number of halogens is 1. The highest BCUT2D eigenvalue weighted by molar-refractivity contribution is 5.74. The maximum atomic E-state index is 13.3. The second-order valence-corrected chi connectivity index (χ2v) is 9.79. The van der Waals surface area contributed by atoms with E-state index in [4.69, 9.17) is 9.26 Å². The van der Waals surface area contributed by atoms with Crippen molar-refractivity contribution in [1.82, 2.24) is 15.0 Å². The largest absolute Gasteiger partial charge is 0.472 e. The van der Waals surface area contributed by atoms with Crippen molar-refractivity contribution in [2.24, 2.45) is 5.10 Å². The lowest BCUT2D eigenvalue weighted by Crippen LogP contribution is -2.54. The summed E-state index contributed by atoms with van der Waals surface area (Å²) in [7, 11) is 0. The number of likely N-dealkylation sites (tertiary alicyclic amines) is 2. The molecule has 3 aliphatic heterocycles. The average Bonchev–Trinajstić information content (AvgIpc) is 3.48. The van der Waals surface area contributed by atoms with Gasteiger partial charge in [-0.2, -0.15) is 5.10 Å². The number of aromatic nitrogens is 1. The molecule has 4 heterocycles. The van der Waals surface area contributed by atoms with Crippen LogP contribution < -0.4 is 9.75 Å². The zero-order valence-corrected chi connectivity index (χ0v) is 20.0. The van der Waals surface area contributed by atoms with Gasteiger partial charge in [-0.15, -0.1) is 0 Å². The summed E-state index contributed by atoms with van der Waals surface area (Å²) >= 11 is 0. The number of amides is 2. The van der Waals surface area contributed by atoms with Crippen LogP contribution in [0.3, 0.4) is 0 Å². The number of hydrazone groups is 1. The third kappa shape index (κ3) is 5.42. The molecule has 0 radical (unpaired) electrons. The van der Waals surface area contributed by atoms with E-state index >= 15 is 0 Å². The van der Waals surface area contributed by atoms with Crippen molar-refractivity contribution < 1.29 is 23.6 Å². The molecule has 1 N–H and O–H groups in total. The predicted molar refractivity (Wildman–Crippen MR) is 128 cm³/mol. The van der Waals surface area contributed by atoms with Crippen LogP contribution in [0, 0.1) is 12.7 Å². The number of urea groups is 1. The van der Waals surface area contributed by atoms with Crippen LogP contribution >= 0.6 is 0 Å². The van der Waals surface area contributed by atoms with Crippen molar-refractivity contribution >= 4 is 17.9 Å². The number of piperidine rings is 2. The number of hydrogen-bond acceptors (Lipinski definition) is 7. The van der Waals surface area contributed by atoms with Gasteiger partial charge >= 0.3 is 6.03 Å². The van der Waals surface area contributed by atoms with Gasteiger partial charge < -0.3 is 24.2 Å². The van der Waals surface area contributed by atoms with Gasteiger partial charge in [0.25, 0.3) is 5.88 Å². The van der Waals surface area contributed by atoms with Gasteiger partial charge in [0, 0.05) is 57.7 Å². The second kappa shape index (κ2) is 9.85. The molecule has 0 saturated carbocycles. The van der Waals surface area contributed by atoms with E-state index in [9.17, 15) is 14.3 Å². The fourth-order valence-corrected chi connectivity index (χ4v) is 5.18. The number of anilines is 1. The van der Waals surface area contributed by atoms with E-state index in [1.807, 2.05) is 27.9 Å². The van der Waals surface area contributed by atoms with Gasteiger partial charge in [0.05, 0.1) is 17.3 Å². The summed E-state index contributed by atoms with van der Waals surface area (Å²) in [5.74, 6) is 0.917. The fraction of sp³-hybridized carbons (Fsp3) is 0.560. The highest BCUT2D eigenvalue weighted by atomic mass is 19.1. The Labute approximate surface area is 204 Å². The highest BCUT2D eigenvalue weighted by Gasteiger charge is 2.39. The summed E-state index contributed by atoms with van der Waals surface area (Å²) in [6.45, 7) is 4.13. The Morgan fingerprint density at radius 3 is 2.51 bits per heavy atom. The molecule has 1 aromatic heterocycles. The molecule has 0 bridgehead atoms. The molecule has 5 rings (SSSR count). The summed E-state index contributed by atoms with van der Waals surface area (Å²) in [6, 6.07) is 8.06. The predicted octanol–water partition coefficient (Wildman–Crippen LogP) is 3.57. The van der Waals surface area contributed by atoms with Crippen LogP contribution in [0.25, 0.3) is 0 Å². The standard InChI is InChI=1S/C25H32FN5O4/c1-18-16-23(28-35-18)34-22-7-12-29(13-8-22)24(32)30-14-9-25(33,10-15-30)17-21-6-11-27-31(21)20-4-2-19(26)3-5-20/h2-5,11,16,21-22,33H,6-10,12-15,17H2,1H3. The maximum absolute atomic E-state index is 13.3. The molecule has 35 heavy (non-hydrogen) atoms. The third-order valence-corrected chi connectivity index (χ3v) is 7.21. The van der Waals surface area contributed by atoms with E-state index in [-0.39, 0.29) is 24.0 Å². The molecule has 2 aromatic rings. The molecule has 188 valence electrons. The van der Waals surface area contributed by atoms with Crippen molar-refractivity contribution in [3.8, 4) is 5.88 Å². The van der Waals surface area contributed by atoms with Crippen LogP contribution in [0.1, 0.15) is 44.3 Å². The average molecular weight is 486 g/mol. The number of benzene rings is 1. The van der Waals surface area contributed by atoms with E-state index in [0.29, 0.717) is 57.1 Å². The van der Waals surface area contributed by atoms with E-state index < -0.39 is 5.60 Å². The third-order valence-electron chi connectivity index (χ3n) is 7.21. The summed E-state index contributed by atoms with van der Waals surface area (Å²) in [5.41, 5.74) is -0.0447. The lowest BCUT2D eigenvalue weighted by Gasteiger charge is -2.42. The molecular formula is C25H32FN5O4. The van der Waals surface area contributed by atoms with E-state index in [1.54, 1.807) is 18.2 Å². The van der Waals surface area contributed by atoms with Gasteiger partial charge in [0.15, 0.2) is 0 Å². The lowest BCUT2D eigenvalue weighted by atomic mass is 9.84. The Bertz CT molecular complexity index is 1040. The molecule has 2 saturated heterocycles. The van der Waals surface area contributed by atoms with Crippen LogP contribution in [-0.4, -0.2) is 76.2 Å². The maximum Gasteiger partial charge on any atom is 0.320 e. The first-order valence-corrected chi connectivity index (χ1v) is 12.3. The first-order chi connectivity index (χ1) is 16.9. The zero-order valence-electron chi connectivity index (χ0n) is 20.0. The van der Waals surface area contributed by atoms with Crippen molar-refractivity contribution in [3.05, 3.63) is 41.9 Å². The van der Waals surface area contributed by atoms with E-state index in [1.165, 1.54) is 12.1 Å². The highest BCUT2D eigenvalue weighted by Crippen LogP contribution is 2.33. The Morgan fingerprint density at radius 1 is 1.17 bits per heavy atom. The lowest BCUT2D eigenvalue weighted by molar-refractivity contribution is -0.0269. The minimum atomic E-state index is -0.857. The normalized spacial score (nSPS) is 22.6. The SMILES string of the molecule is Cc1cc(OC2CCN(C(=O)N3CCC(O)(CC4CC=NN4c4ccc(F)cc4)CC3)CC2)no1. The number of carbonyl (C=O) groups excluding carboxylic acids is 1. The van der Waals surface area contributed by atoms with Crippen LogP contribution in [-0.2, 0) is 0 Å². The minimum Gasteiger partial charge on any atom is -0.472 e. The number of nitrogens with zero attached hydrogens (tertiary/aromatic N) is 5. The molecule has 0 spiro atoms. The fourth-order valence-electron chi connectivity index (χ4n) is 5.18. The van der Waals surface area contributed by atoms with Crippen molar-refractivity contribution in [2.75, 3.05) is 31.2 Å². The number of aliphatic hydroxyl groups is 1. The number of carbonyl (C=O) groups is 1. The summed E-state index contributed by atoms with van der Waals surface area (Å²) < 4.78 is 24.2. The first kappa shape index (κ1) is 23.6. The van der Waals surface area contributed by atoms with Crippen LogP contribution in [0.4, 0.5) is 14.9 Å². The monoisotopic (exact) mass is 485 g/mol. The molecule has 10 heteroatoms. The molecule has 1 unspecified atom stereocenters. The number of aryl methyl sites for hydroxylation is 1. The molecule has 2 amide bonds. The molecule has 0 aliphatic carbocycles. The van der Waals surface area contributed by atoms with Gasteiger partial charge in [0.1, 0.15) is 17.7 Å².